The molecule has 1 amide bonds. The molecule has 0 radical (unpaired) electrons. The topological polar surface area (TPSA) is 73.2 Å². The Kier molecular flexibility index (Phi) is 4.47. The number of thiazole rings is 1. The Labute approximate surface area is 138 Å². The Hall–Kier alpha value is -2.15. The summed E-state index contributed by atoms with van der Waals surface area (Å²) in [6.07, 6.45) is 5.95. The number of aryl methyl sites for hydroxylation is 4. The summed E-state index contributed by atoms with van der Waals surface area (Å²) >= 11 is 1.53. The van der Waals surface area contributed by atoms with Gasteiger partial charge in [-0.3, -0.25) is 14.9 Å². The van der Waals surface area contributed by atoms with Gasteiger partial charge >= 0.3 is 0 Å². The summed E-state index contributed by atoms with van der Waals surface area (Å²) < 4.78 is 7.12. The zero-order valence-corrected chi connectivity index (χ0v) is 14.0. The Morgan fingerprint density at radius 3 is 3.00 bits per heavy atom. The molecule has 0 spiro atoms. The van der Waals surface area contributed by atoms with Crippen LogP contribution in [0.3, 0.4) is 0 Å². The molecule has 0 aliphatic heterocycles. The fraction of sp³-hybridized carbons (Fsp3) is 0.438. The van der Waals surface area contributed by atoms with E-state index < -0.39 is 0 Å². The molecule has 1 aliphatic rings. The van der Waals surface area contributed by atoms with Gasteiger partial charge in [0.1, 0.15) is 0 Å². The summed E-state index contributed by atoms with van der Waals surface area (Å²) in [6.45, 7) is 1.63. The highest BCUT2D eigenvalue weighted by atomic mass is 32.1. The molecule has 6 nitrogen and oxygen atoms in total. The Morgan fingerprint density at radius 2 is 2.22 bits per heavy atom. The van der Waals surface area contributed by atoms with Crippen LogP contribution in [0.15, 0.2) is 17.1 Å². The van der Waals surface area contributed by atoms with Crippen molar-refractivity contribution in [1.82, 2.24) is 9.55 Å². The third kappa shape index (κ3) is 3.61. The molecule has 0 saturated heterocycles. The zero-order chi connectivity index (χ0) is 16.4. The van der Waals surface area contributed by atoms with Crippen molar-refractivity contribution in [2.45, 2.75) is 32.6 Å². The van der Waals surface area contributed by atoms with Gasteiger partial charge in [0.05, 0.1) is 5.69 Å². The van der Waals surface area contributed by atoms with Gasteiger partial charge in [-0.1, -0.05) is 0 Å². The van der Waals surface area contributed by atoms with E-state index in [4.69, 9.17) is 4.74 Å². The number of nitrogens with one attached hydrogen (secondary N) is 1. The third-order valence-corrected chi connectivity index (χ3v) is 4.97. The molecular weight excluding hydrogens is 314 g/mol. The quantitative estimate of drug-likeness (QED) is 0.929. The van der Waals surface area contributed by atoms with Crippen molar-refractivity contribution >= 4 is 22.4 Å². The molecule has 2 aromatic heterocycles. The number of aromatic nitrogens is 2. The molecule has 0 aromatic carbocycles. The molecule has 3 rings (SSSR count). The summed E-state index contributed by atoms with van der Waals surface area (Å²) in [6, 6.07) is 1.49. The van der Waals surface area contributed by atoms with E-state index in [1.807, 2.05) is 14.0 Å². The fourth-order valence-electron chi connectivity index (χ4n) is 2.52. The molecule has 0 fully saturated rings. The van der Waals surface area contributed by atoms with Crippen LogP contribution < -0.4 is 15.5 Å². The maximum atomic E-state index is 12.0. The minimum absolute atomic E-state index is 0.173. The van der Waals surface area contributed by atoms with E-state index in [2.05, 4.69) is 10.3 Å². The molecule has 1 aliphatic carbocycles. The first-order valence-corrected chi connectivity index (χ1v) is 8.43. The van der Waals surface area contributed by atoms with E-state index in [9.17, 15) is 9.59 Å². The molecule has 2 aromatic rings. The summed E-state index contributed by atoms with van der Waals surface area (Å²) in [5, 5.41) is 3.36. The maximum absolute atomic E-state index is 12.0. The van der Waals surface area contributed by atoms with E-state index in [-0.39, 0.29) is 23.7 Å². The number of hydrogen-bond acceptors (Lipinski definition) is 5. The normalized spacial score (nSPS) is 13.5. The molecular formula is C16H19N3O3S. The molecule has 0 atom stereocenters. The standard InChI is InChI=1S/C16H19N3O3S/c1-10-7-12(20)13(8-19(10)2)22-9-15(21)18-16-17-11-5-3-4-6-14(11)23-16/h7-8H,3-6,9H2,1-2H3,(H,17,18,21). The Balaban J connectivity index is 1.61. The summed E-state index contributed by atoms with van der Waals surface area (Å²) in [7, 11) is 1.82. The number of anilines is 1. The zero-order valence-electron chi connectivity index (χ0n) is 13.2. The van der Waals surface area contributed by atoms with Crippen LogP contribution in [0.5, 0.6) is 5.75 Å². The van der Waals surface area contributed by atoms with Crippen molar-refractivity contribution in [3.63, 3.8) is 0 Å². The molecule has 0 bridgehead atoms. The monoisotopic (exact) mass is 333 g/mol. The number of ether oxygens (including phenoxy) is 1. The number of hydrogen-bond donors (Lipinski definition) is 1. The van der Waals surface area contributed by atoms with Crippen molar-refractivity contribution < 1.29 is 9.53 Å². The van der Waals surface area contributed by atoms with Gasteiger partial charge in [-0.2, -0.15) is 0 Å². The average Bonchev–Trinajstić information content (AvgIpc) is 2.91. The van der Waals surface area contributed by atoms with Gasteiger partial charge < -0.3 is 9.30 Å². The fourth-order valence-corrected chi connectivity index (χ4v) is 3.58. The van der Waals surface area contributed by atoms with Gasteiger partial charge in [-0.25, -0.2) is 4.98 Å². The predicted octanol–water partition coefficient (Wildman–Crippen LogP) is 2.05. The van der Waals surface area contributed by atoms with Crippen molar-refractivity contribution in [2.24, 2.45) is 7.05 Å². The number of fused-ring (bicyclic) bond motifs is 1. The second kappa shape index (κ2) is 6.54. The highest BCUT2D eigenvalue weighted by molar-refractivity contribution is 7.15. The maximum Gasteiger partial charge on any atom is 0.264 e. The average molecular weight is 333 g/mol. The first-order valence-electron chi connectivity index (χ1n) is 7.61. The van der Waals surface area contributed by atoms with Crippen LogP contribution in [-0.2, 0) is 24.7 Å². The van der Waals surface area contributed by atoms with Crippen molar-refractivity contribution in [2.75, 3.05) is 11.9 Å². The summed E-state index contributed by atoms with van der Waals surface area (Å²) in [5.41, 5.74) is 1.71. The lowest BCUT2D eigenvalue weighted by atomic mass is 10.0. The van der Waals surface area contributed by atoms with Gasteiger partial charge in [0.15, 0.2) is 17.5 Å². The number of amides is 1. The predicted molar refractivity (Wildman–Crippen MR) is 89.3 cm³/mol. The lowest BCUT2D eigenvalue weighted by Gasteiger charge is -2.08. The van der Waals surface area contributed by atoms with Gasteiger partial charge in [0.25, 0.3) is 5.91 Å². The van der Waals surface area contributed by atoms with E-state index >= 15 is 0 Å². The molecule has 122 valence electrons. The van der Waals surface area contributed by atoms with Gasteiger partial charge in [0, 0.05) is 29.9 Å². The number of pyridine rings is 1. The first kappa shape index (κ1) is 15.7. The first-order chi connectivity index (χ1) is 11.0. The molecule has 1 N–H and O–H groups in total. The van der Waals surface area contributed by atoms with Crippen molar-refractivity contribution in [3.8, 4) is 5.75 Å². The van der Waals surface area contributed by atoms with Gasteiger partial charge in [-0.05, 0) is 32.6 Å². The number of nitrogens with zero attached hydrogens (tertiary/aromatic N) is 2. The molecule has 0 unspecified atom stereocenters. The Bertz CT molecular complexity index is 771. The lowest BCUT2D eigenvalue weighted by Crippen LogP contribution is -2.22. The summed E-state index contributed by atoms with van der Waals surface area (Å²) in [5.74, 6) is -0.134. The van der Waals surface area contributed by atoms with Crippen molar-refractivity contribution in [1.29, 1.82) is 0 Å². The smallest absolute Gasteiger partial charge is 0.264 e. The number of carbonyl (C=O) groups is 1. The molecule has 23 heavy (non-hydrogen) atoms. The third-order valence-electron chi connectivity index (χ3n) is 3.90. The van der Waals surface area contributed by atoms with E-state index in [0.717, 1.165) is 30.7 Å². The van der Waals surface area contributed by atoms with Crippen LogP contribution in [0.1, 0.15) is 29.1 Å². The summed E-state index contributed by atoms with van der Waals surface area (Å²) in [4.78, 5) is 29.5. The molecule has 7 heteroatoms. The van der Waals surface area contributed by atoms with E-state index in [1.165, 1.54) is 28.7 Å². The van der Waals surface area contributed by atoms with Gasteiger partial charge in [0.2, 0.25) is 5.43 Å². The highest BCUT2D eigenvalue weighted by Crippen LogP contribution is 2.29. The minimum atomic E-state index is -0.307. The number of carbonyl (C=O) groups excluding carboxylic acids is 1. The second-order valence-electron chi connectivity index (χ2n) is 5.69. The van der Waals surface area contributed by atoms with Crippen LogP contribution in [-0.4, -0.2) is 22.1 Å². The van der Waals surface area contributed by atoms with Crippen LogP contribution in [0.25, 0.3) is 0 Å². The van der Waals surface area contributed by atoms with Crippen molar-refractivity contribution in [3.05, 3.63) is 38.8 Å². The van der Waals surface area contributed by atoms with Gasteiger partial charge in [-0.15, -0.1) is 11.3 Å². The SMILES string of the molecule is Cc1cc(=O)c(OCC(=O)Nc2nc3c(s2)CCCC3)cn1C. The van der Waals surface area contributed by atoms with E-state index in [0.29, 0.717) is 5.13 Å². The minimum Gasteiger partial charge on any atom is -0.478 e. The van der Waals surface area contributed by atoms with Crippen LogP contribution in [0.2, 0.25) is 0 Å². The van der Waals surface area contributed by atoms with Crippen LogP contribution in [0, 0.1) is 6.92 Å². The lowest BCUT2D eigenvalue weighted by molar-refractivity contribution is -0.118. The van der Waals surface area contributed by atoms with Crippen LogP contribution in [0.4, 0.5) is 5.13 Å². The molecule has 2 heterocycles. The Morgan fingerprint density at radius 1 is 1.43 bits per heavy atom. The molecule has 0 saturated carbocycles. The second-order valence-corrected chi connectivity index (χ2v) is 6.77. The van der Waals surface area contributed by atoms with E-state index in [1.54, 1.807) is 10.8 Å². The number of rotatable bonds is 4. The largest absolute Gasteiger partial charge is 0.478 e. The highest BCUT2D eigenvalue weighted by Gasteiger charge is 2.16. The van der Waals surface area contributed by atoms with Crippen LogP contribution >= 0.6 is 11.3 Å².